The van der Waals surface area contributed by atoms with Crippen LogP contribution in [0, 0.1) is 0 Å². The molecule has 0 spiro atoms. The van der Waals surface area contributed by atoms with Gasteiger partial charge in [0.1, 0.15) is 0 Å². The first kappa shape index (κ1) is 17.0. The van der Waals surface area contributed by atoms with Crippen LogP contribution in [0.2, 0.25) is 0 Å². The number of nitrogens with one attached hydrogen (secondary N) is 3. The SMILES string of the molecule is CCNC(=NCc1ccsc1)NCCNC(=O)c1cccnc1. The Hall–Kier alpha value is -2.41. The fraction of sp³-hybridized carbons (Fsp3) is 0.312. The van der Waals surface area contributed by atoms with Crippen LogP contribution in [0.3, 0.4) is 0 Å². The fourth-order valence-electron chi connectivity index (χ4n) is 1.85. The molecule has 0 saturated heterocycles. The Morgan fingerprint density at radius 1 is 1.26 bits per heavy atom. The van der Waals surface area contributed by atoms with Gasteiger partial charge in [0.2, 0.25) is 0 Å². The van der Waals surface area contributed by atoms with Crippen molar-refractivity contribution in [3.8, 4) is 0 Å². The van der Waals surface area contributed by atoms with E-state index in [1.807, 2.05) is 12.3 Å². The minimum Gasteiger partial charge on any atom is -0.357 e. The van der Waals surface area contributed by atoms with Gasteiger partial charge >= 0.3 is 0 Å². The van der Waals surface area contributed by atoms with Crippen molar-refractivity contribution in [3.05, 3.63) is 52.5 Å². The molecule has 0 aromatic carbocycles. The number of guanidine groups is 1. The molecular formula is C16H21N5OS. The average Bonchev–Trinajstić information content (AvgIpc) is 3.10. The number of rotatable bonds is 7. The molecular weight excluding hydrogens is 310 g/mol. The summed E-state index contributed by atoms with van der Waals surface area (Å²) in [6, 6.07) is 5.54. The predicted octanol–water partition coefficient (Wildman–Crippen LogP) is 1.63. The van der Waals surface area contributed by atoms with Crippen LogP contribution in [0.15, 0.2) is 46.3 Å². The summed E-state index contributed by atoms with van der Waals surface area (Å²) in [4.78, 5) is 20.3. The van der Waals surface area contributed by atoms with Crippen molar-refractivity contribution >= 4 is 23.2 Å². The lowest BCUT2D eigenvalue weighted by Gasteiger charge is -2.11. The van der Waals surface area contributed by atoms with Gasteiger partial charge < -0.3 is 16.0 Å². The van der Waals surface area contributed by atoms with Crippen LogP contribution in [-0.2, 0) is 6.54 Å². The minimum absolute atomic E-state index is 0.125. The zero-order valence-electron chi connectivity index (χ0n) is 13.1. The molecule has 0 aliphatic carbocycles. The highest BCUT2D eigenvalue weighted by Gasteiger charge is 2.04. The van der Waals surface area contributed by atoms with Gasteiger partial charge in [0.05, 0.1) is 12.1 Å². The second kappa shape index (κ2) is 9.58. The molecule has 0 aliphatic heterocycles. The number of hydrogen-bond donors (Lipinski definition) is 3. The Morgan fingerprint density at radius 2 is 2.13 bits per heavy atom. The number of hydrogen-bond acceptors (Lipinski definition) is 4. The average molecular weight is 331 g/mol. The summed E-state index contributed by atoms with van der Waals surface area (Å²) in [6.07, 6.45) is 3.19. The third-order valence-electron chi connectivity index (χ3n) is 2.97. The molecule has 2 rings (SSSR count). The highest BCUT2D eigenvalue weighted by atomic mass is 32.1. The van der Waals surface area contributed by atoms with E-state index in [1.165, 1.54) is 5.56 Å². The maximum absolute atomic E-state index is 11.9. The van der Waals surface area contributed by atoms with Crippen molar-refractivity contribution in [2.75, 3.05) is 19.6 Å². The Labute approximate surface area is 140 Å². The predicted molar refractivity (Wildman–Crippen MR) is 93.7 cm³/mol. The Kier molecular flexibility index (Phi) is 7.06. The van der Waals surface area contributed by atoms with Gasteiger partial charge in [-0.15, -0.1) is 0 Å². The number of carbonyl (C=O) groups excluding carboxylic acids is 1. The molecule has 3 N–H and O–H groups in total. The van der Waals surface area contributed by atoms with Crippen molar-refractivity contribution in [2.24, 2.45) is 4.99 Å². The first-order chi connectivity index (χ1) is 11.3. The number of thiophene rings is 1. The standard InChI is InChI=1S/C16H21N5OS/c1-2-18-16(21-10-13-5-9-23-12-13)20-8-7-19-15(22)14-4-3-6-17-11-14/h3-6,9,11-12H,2,7-8,10H2,1H3,(H,19,22)(H2,18,20,21). The van der Waals surface area contributed by atoms with Gasteiger partial charge in [0, 0.05) is 32.0 Å². The molecule has 6 nitrogen and oxygen atoms in total. The first-order valence-corrected chi connectivity index (χ1v) is 8.45. The maximum atomic E-state index is 11.9. The van der Waals surface area contributed by atoms with E-state index in [2.05, 4.69) is 37.4 Å². The van der Waals surface area contributed by atoms with E-state index in [9.17, 15) is 4.79 Å². The van der Waals surface area contributed by atoms with Crippen molar-refractivity contribution in [2.45, 2.75) is 13.5 Å². The van der Waals surface area contributed by atoms with Crippen LogP contribution in [0.1, 0.15) is 22.8 Å². The van der Waals surface area contributed by atoms with Crippen LogP contribution < -0.4 is 16.0 Å². The summed E-state index contributed by atoms with van der Waals surface area (Å²) < 4.78 is 0. The molecule has 0 saturated carbocycles. The lowest BCUT2D eigenvalue weighted by Crippen LogP contribution is -2.41. The van der Waals surface area contributed by atoms with E-state index in [4.69, 9.17) is 0 Å². The molecule has 122 valence electrons. The topological polar surface area (TPSA) is 78.4 Å². The number of nitrogens with zero attached hydrogens (tertiary/aromatic N) is 2. The molecule has 2 heterocycles. The highest BCUT2D eigenvalue weighted by molar-refractivity contribution is 7.07. The Balaban J connectivity index is 1.73. The van der Waals surface area contributed by atoms with Crippen LogP contribution >= 0.6 is 11.3 Å². The van der Waals surface area contributed by atoms with Gasteiger partial charge in [-0.2, -0.15) is 11.3 Å². The summed E-state index contributed by atoms with van der Waals surface area (Å²) >= 11 is 1.66. The molecule has 0 bridgehead atoms. The third-order valence-corrected chi connectivity index (χ3v) is 3.70. The Bertz CT molecular complexity index is 613. The van der Waals surface area contributed by atoms with Gasteiger partial charge in [-0.3, -0.25) is 9.78 Å². The number of aromatic nitrogens is 1. The number of amides is 1. The normalized spacial score (nSPS) is 11.1. The van der Waals surface area contributed by atoms with Crippen molar-refractivity contribution < 1.29 is 4.79 Å². The molecule has 2 aromatic rings. The molecule has 0 fully saturated rings. The zero-order chi connectivity index (χ0) is 16.3. The zero-order valence-corrected chi connectivity index (χ0v) is 13.9. The molecule has 2 aromatic heterocycles. The van der Waals surface area contributed by atoms with Crippen LogP contribution in [-0.4, -0.2) is 36.5 Å². The molecule has 1 amide bonds. The van der Waals surface area contributed by atoms with E-state index in [1.54, 1.807) is 35.9 Å². The van der Waals surface area contributed by atoms with Gasteiger partial charge in [-0.25, -0.2) is 4.99 Å². The lowest BCUT2D eigenvalue weighted by molar-refractivity contribution is 0.0954. The molecule has 7 heteroatoms. The molecule has 0 atom stereocenters. The van der Waals surface area contributed by atoms with E-state index in [0.29, 0.717) is 25.2 Å². The van der Waals surface area contributed by atoms with Crippen LogP contribution in [0.5, 0.6) is 0 Å². The van der Waals surface area contributed by atoms with E-state index < -0.39 is 0 Å². The largest absolute Gasteiger partial charge is 0.357 e. The van der Waals surface area contributed by atoms with Crippen molar-refractivity contribution in [1.82, 2.24) is 20.9 Å². The number of pyridine rings is 1. The summed E-state index contributed by atoms with van der Waals surface area (Å²) in [5, 5.41) is 13.4. The quantitative estimate of drug-likeness (QED) is 0.409. The van der Waals surface area contributed by atoms with Crippen molar-refractivity contribution in [1.29, 1.82) is 0 Å². The van der Waals surface area contributed by atoms with Gasteiger partial charge in [0.25, 0.3) is 5.91 Å². The van der Waals surface area contributed by atoms with Crippen LogP contribution in [0.4, 0.5) is 0 Å². The summed E-state index contributed by atoms with van der Waals surface area (Å²) in [5.41, 5.74) is 1.75. The maximum Gasteiger partial charge on any atom is 0.252 e. The van der Waals surface area contributed by atoms with Gasteiger partial charge in [-0.05, 0) is 41.4 Å². The monoisotopic (exact) mass is 331 g/mol. The third kappa shape index (κ3) is 6.07. The number of carbonyl (C=O) groups is 1. The smallest absolute Gasteiger partial charge is 0.252 e. The van der Waals surface area contributed by atoms with E-state index in [-0.39, 0.29) is 5.91 Å². The fourth-order valence-corrected chi connectivity index (χ4v) is 2.51. The molecule has 0 aliphatic rings. The molecule has 0 radical (unpaired) electrons. The lowest BCUT2D eigenvalue weighted by atomic mass is 10.3. The molecule has 23 heavy (non-hydrogen) atoms. The summed E-state index contributed by atoms with van der Waals surface area (Å²) in [7, 11) is 0. The van der Waals surface area contributed by atoms with Crippen molar-refractivity contribution in [3.63, 3.8) is 0 Å². The van der Waals surface area contributed by atoms with E-state index in [0.717, 1.165) is 12.5 Å². The van der Waals surface area contributed by atoms with E-state index >= 15 is 0 Å². The molecule has 0 unspecified atom stereocenters. The second-order valence-corrected chi connectivity index (χ2v) is 5.53. The summed E-state index contributed by atoms with van der Waals surface area (Å²) in [6.45, 7) is 4.56. The minimum atomic E-state index is -0.125. The van der Waals surface area contributed by atoms with Crippen LogP contribution in [0.25, 0.3) is 0 Å². The first-order valence-electron chi connectivity index (χ1n) is 7.51. The number of aliphatic imine (C=N–C) groups is 1. The Morgan fingerprint density at radius 3 is 2.83 bits per heavy atom. The second-order valence-electron chi connectivity index (χ2n) is 4.75. The summed E-state index contributed by atoms with van der Waals surface area (Å²) in [5.74, 6) is 0.620. The van der Waals surface area contributed by atoms with Gasteiger partial charge in [-0.1, -0.05) is 0 Å². The van der Waals surface area contributed by atoms with Gasteiger partial charge in [0.15, 0.2) is 5.96 Å². The highest BCUT2D eigenvalue weighted by Crippen LogP contribution is 2.06.